The quantitative estimate of drug-likeness (QED) is 0.907. The molecule has 110 valence electrons. The van der Waals surface area contributed by atoms with E-state index in [0.717, 1.165) is 18.5 Å². The zero-order valence-corrected chi connectivity index (χ0v) is 12.2. The molecular weight excluding hydrogens is 268 g/mol. The maximum absolute atomic E-state index is 12.7. The second-order valence-electron chi connectivity index (χ2n) is 5.42. The van der Waals surface area contributed by atoms with Gasteiger partial charge in [0.05, 0.1) is 11.7 Å². The molecular formula is C15H18N4O2. The summed E-state index contributed by atoms with van der Waals surface area (Å²) in [6, 6.07) is 1.92. The van der Waals surface area contributed by atoms with Crippen LogP contribution in [0.3, 0.4) is 0 Å². The van der Waals surface area contributed by atoms with Crippen LogP contribution in [0.1, 0.15) is 40.5 Å². The Bertz CT molecular complexity index is 731. The maximum atomic E-state index is 12.7. The highest BCUT2D eigenvalue weighted by Gasteiger charge is 2.33. The zero-order valence-electron chi connectivity index (χ0n) is 12.2. The Morgan fingerprint density at radius 2 is 2.24 bits per heavy atom. The van der Waals surface area contributed by atoms with Crippen LogP contribution in [0.15, 0.2) is 29.5 Å². The van der Waals surface area contributed by atoms with Crippen LogP contribution in [-0.4, -0.2) is 32.1 Å². The van der Waals surface area contributed by atoms with E-state index < -0.39 is 0 Å². The van der Waals surface area contributed by atoms with Crippen molar-refractivity contribution in [2.24, 2.45) is 7.05 Å². The minimum Gasteiger partial charge on any atom is -0.366 e. The predicted molar refractivity (Wildman–Crippen MR) is 78.0 cm³/mol. The molecule has 0 saturated carbocycles. The van der Waals surface area contributed by atoms with Crippen LogP contribution in [0.4, 0.5) is 0 Å². The van der Waals surface area contributed by atoms with Crippen LogP contribution in [-0.2, 0) is 7.05 Å². The lowest BCUT2D eigenvalue weighted by atomic mass is 10.1. The first-order valence-corrected chi connectivity index (χ1v) is 7.06. The molecule has 1 N–H and O–H groups in total. The number of likely N-dealkylation sites (tertiary alicyclic amines) is 1. The number of rotatable bonds is 2. The molecule has 0 bridgehead atoms. The lowest BCUT2D eigenvalue weighted by Gasteiger charge is -2.24. The van der Waals surface area contributed by atoms with Crippen molar-refractivity contribution in [3.8, 4) is 0 Å². The first kappa shape index (κ1) is 13.6. The van der Waals surface area contributed by atoms with Crippen LogP contribution in [0.5, 0.6) is 0 Å². The highest BCUT2D eigenvalue weighted by atomic mass is 16.2. The molecule has 0 aliphatic carbocycles. The third-order valence-corrected chi connectivity index (χ3v) is 4.07. The van der Waals surface area contributed by atoms with Crippen LogP contribution >= 0.6 is 0 Å². The van der Waals surface area contributed by atoms with E-state index in [4.69, 9.17) is 0 Å². The van der Waals surface area contributed by atoms with E-state index in [-0.39, 0.29) is 22.9 Å². The molecule has 6 heteroatoms. The number of amides is 1. The highest BCUT2D eigenvalue weighted by Crippen LogP contribution is 2.32. The van der Waals surface area contributed by atoms with Crippen molar-refractivity contribution < 1.29 is 4.79 Å². The zero-order chi connectivity index (χ0) is 15.0. The predicted octanol–water partition coefficient (Wildman–Crippen LogP) is 1.39. The monoisotopic (exact) mass is 286 g/mol. The summed E-state index contributed by atoms with van der Waals surface area (Å²) in [5, 5.41) is 4.17. The Labute approximate surface area is 122 Å². The van der Waals surface area contributed by atoms with Gasteiger partial charge in [-0.05, 0) is 25.8 Å². The largest absolute Gasteiger partial charge is 0.366 e. The first-order chi connectivity index (χ1) is 10.1. The Morgan fingerprint density at radius 3 is 2.95 bits per heavy atom. The van der Waals surface area contributed by atoms with Gasteiger partial charge in [0.25, 0.3) is 5.91 Å². The Kier molecular flexibility index (Phi) is 3.37. The average molecular weight is 286 g/mol. The summed E-state index contributed by atoms with van der Waals surface area (Å²) in [4.78, 5) is 29.5. The normalized spacial score (nSPS) is 18.2. The highest BCUT2D eigenvalue weighted by molar-refractivity contribution is 5.94. The van der Waals surface area contributed by atoms with E-state index in [9.17, 15) is 9.59 Å². The number of hydrogen-bond donors (Lipinski definition) is 1. The number of aromatic nitrogens is 3. The van der Waals surface area contributed by atoms with Crippen molar-refractivity contribution in [2.45, 2.75) is 25.8 Å². The minimum absolute atomic E-state index is 0.00934. The minimum atomic E-state index is -0.205. The molecule has 1 fully saturated rings. The fourth-order valence-electron chi connectivity index (χ4n) is 2.94. The number of aryl methyl sites for hydroxylation is 2. The van der Waals surface area contributed by atoms with Gasteiger partial charge in [-0.2, -0.15) is 5.10 Å². The van der Waals surface area contributed by atoms with E-state index in [1.165, 1.54) is 6.20 Å². The van der Waals surface area contributed by atoms with Crippen LogP contribution < -0.4 is 5.43 Å². The molecule has 1 amide bonds. The van der Waals surface area contributed by atoms with Crippen LogP contribution in [0, 0.1) is 6.92 Å². The number of aromatic amines is 1. The van der Waals surface area contributed by atoms with Gasteiger partial charge in [0.15, 0.2) is 5.43 Å². The fraction of sp³-hybridized carbons (Fsp3) is 0.400. The number of pyridine rings is 1. The summed E-state index contributed by atoms with van der Waals surface area (Å²) in [5.74, 6) is -0.205. The molecule has 1 aliphatic rings. The fourth-order valence-corrected chi connectivity index (χ4v) is 2.94. The van der Waals surface area contributed by atoms with Crippen LogP contribution in [0.2, 0.25) is 0 Å². The molecule has 3 heterocycles. The maximum Gasteiger partial charge on any atom is 0.259 e. The van der Waals surface area contributed by atoms with Gasteiger partial charge in [-0.3, -0.25) is 14.3 Å². The third-order valence-electron chi connectivity index (χ3n) is 4.07. The summed E-state index contributed by atoms with van der Waals surface area (Å²) in [5.41, 5.74) is 1.57. The van der Waals surface area contributed by atoms with Crippen molar-refractivity contribution in [2.75, 3.05) is 6.54 Å². The van der Waals surface area contributed by atoms with Crippen molar-refractivity contribution in [3.05, 3.63) is 51.7 Å². The molecule has 2 aromatic heterocycles. The summed E-state index contributed by atoms with van der Waals surface area (Å²) in [6.45, 7) is 2.38. The SMILES string of the molecule is Cc1c[nH]cc(C(=O)N2CCCC2c2ccnn2C)c1=O. The van der Waals surface area contributed by atoms with Crippen molar-refractivity contribution in [1.82, 2.24) is 19.7 Å². The van der Waals surface area contributed by atoms with E-state index in [1.54, 1.807) is 28.9 Å². The molecule has 1 unspecified atom stereocenters. The Hall–Kier alpha value is -2.37. The summed E-state index contributed by atoms with van der Waals surface area (Å²) in [7, 11) is 1.87. The number of carbonyl (C=O) groups is 1. The van der Waals surface area contributed by atoms with Crippen molar-refractivity contribution in [1.29, 1.82) is 0 Å². The van der Waals surface area contributed by atoms with Crippen molar-refractivity contribution >= 4 is 5.91 Å². The lowest BCUT2D eigenvalue weighted by Crippen LogP contribution is -2.35. The third kappa shape index (κ3) is 2.26. The molecule has 0 aromatic carbocycles. The number of H-pyrrole nitrogens is 1. The summed E-state index contributed by atoms with van der Waals surface area (Å²) in [6.07, 6.45) is 6.67. The van der Waals surface area contributed by atoms with Gasteiger partial charge in [-0.1, -0.05) is 0 Å². The summed E-state index contributed by atoms with van der Waals surface area (Å²) < 4.78 is 1.79. The molecule has 0 radical (unpaired) electrons. The molecule has 3 rings (SSSR count). The number of hydrogen-bond acceptors (Lipinski definition) is 3. The molecule has 0 spiro atoms. The van der Waals surface area contributed by atoms with Crippen molar-refractivity contribution in [3.63, 3.8) is 0 Å². The molecule has 1 saturated heterocycles. The first-order valence-electron chi connectivity index (χ1n) is 7.06. The Morgan fingerprint density at radius 1 is 1.43 bits per heavy atom. The molecule has 6 nitrogen and oxygen atoms in total. The van der Waals surface area contributed by atoms with E-state index >= 15 is 0 Å². The van der Waals surface area contributed by atoms with Gasteiger partial charge in [0.1, 0.15) is 5.56 Å². The van der Waals surface area contributed by atoms with E-state index in [1.807, 2.05) is 13.1 Å². The Balaban J connectivity index is 1.96. The van der Waals surface area contributed by atoms with Gasteiger partial charge in [0, 0.05) is 37.7 Å². The molecule has 1 aliphatic heterocycles. The van der Waals surface area contributed by atoms with E-state index in [2.05, 4.69) is 10.1 Å². The lowest BCUT2D eigenvalue weighted by molar-refractivity contribution is 0.0728. The second kappa shape index (κ2) is 5.20. The number of nitrogens with zero attached hydrogens (tertiary/aromatic N) is 3. The second-order valence-corrected chi connectivity index (χ2v) is 5.42. The summed E-state index contributed by atoms with van der Waals surface area (Å²) >= 11 is 0. The number of nitrogens with one attached hydrogen (secondary N) is 1. The molecule has 1 atom stereocenters. The topological polar surface area (TPSA) is 71.0 Å². The molecule has 21 heavy (non-hydrogen) atoms. The molecule has 2 aromatic rings. The van der Waals surface area contributed by atoms with Gasteiger partial charge in [-0.15, -0.1) is 0 Å². The van der Waals surface area contributed by atoms with Gasteiger partial charge in [0.2, 0.25) is 0 Å². The van der Waals surface area contributed by atoms with Gasteiger partial charge < -0.3 is 9.88 Å². The van der Waals surface area contributed by atoms with Gasteiger partial charge in [-0.25, -0.2) is 0 Å². The van der Waals surface area contributed by atoms with E-state index in [0.29, 0.717) is 12.1 Å². The van der Waals surface area contributed by atoms with Gasteiger partial charge >= 0.3 is 0 Å². The number of carbonyl (C=O) groups excluding carboxylic acids is 1. The average Bonchev–Trinajstić information content (AvgIpc) is 3.09. The smallest absolute Gasteiger partial charge is 0.259 e. The van der Waals surface area contributed by atoms with Crippen LogP contribution in [0.25, 0.3) is 0 Å². The standard InChI is InChI=1S/C15H18N4O2/c1-10-8-16-9-11(14(10)20)15(21)19-7-3-4-13(19)12-5-6-17-18(12)2/h5-6,8-9,13H,3-4,7H2,1-2H3,(H,16,20).